The van der Waals surface area contributed by atoms with Crippen molar-refractivity contribution in [2.24, 2.45) is 0 Å². The molecule has 0 fully saturated rings. The van der Waals surface area contributed by atoms with Gasteiger partial charge in [-0.15, -0.1) is 0 Å². The van der Waals surface area contributed by atoms with Crippen molar-refractivity contribution in [2.45, 2.75) is 19.3 Å². The van der Waals surface area contributed by atoms with Crippen molar-refractivity contribution >= 4 is 5.97 Å². The van der Waals surface area contributed by atoms with E-state index in [1.165, 1.54) is 12.3 Å². The first-order chi connectivity index (χ1) is 9.08. The molecule has 0 saturated carbocycles. The first-order valence-electron chi connectivity index (χ1n) is 5.95. The highest BCUT2D eigenvalue weighted by atomic mass is 19.1. The molecule has 2 aromatic rings. The molecule has 2 rings (SSSR count). The first-order valence-corrected chi connectivity index (χ1v) is 5.95. The van der Waals surface area contributed by atoms with Crippen molar-refractivity contribution in [2.75, 3.05) is 0 Å². The van der Waals surface area contributed by atoms with Crippen LogP contribution in [0.15, 0.2) is 42.7 Å². The number of pyridine rings is 1. The lowest BCUT2D eigenvalue weighted by Gasteiger charge is -2.15. The van der Waals surface area contributed by atoms with E-state index in [9.17, 15) is 14.3 Å². The minimum Gasteiger partial charge on any atom is -0.481 e. The lowest BCUT2D eigenvalue weighted by Crippen LogP contribution is -2.15. The Morgan fingerprint density at radius 2 is 2.11 bits per heavy atom. The monoisotopic (exact) mass is 259 g/mol. The zero-order valence-corrected chi connectivity index (χ0v) is 10.5. The van der Waals surface area contributed by atoms with Crippen LogP contribution in [-0.4, -0.2) is 16.1 Å². The second-order valence-corrected chi connectivity index (χ2v) is 4.46. The molecule has 1 heterocycles. The second-order valence-electron chi connectivity index (χ2n) is 4.46. The Hall–Kier alpha value is -2.23. The van der Waals surface area contributed by atoms with Gasteiger partial charge in [-0.3, -0.25) is 9.78 Å². The van der Waals surface area contributed by atoms with Crippen molar-refractivity contribution in [3.8, 4) is 0 Å². The van der Waals surface area contributed by atoms with Gasteiger partial charge in [0.2, 0.25) is 0 Å². The predicted octanol–water partition coefficient (Wildman–Crippen LogP) is 2.94. The van der Waals surface area contributed by atoms with E-state index in [0.29, 0.717) is 5.56 Å². The second kappa shape index (κ2) is 5.61. The third-order valence-electron chi connectivity index (χ3n) is 3.06. The van der Waals surface area contributed by atoms with E-state index < -0.39 is 17.7 Å². The summed E-state index contributed by atoms with van der Waals surface area (Å²) in [4.78, 5) is 15.2. The van der Waals surface area contributed by atoms with Gasteiger partial charge in [0.25, 0.3) is 0 Å². The standard InChI is InChI=1S/C15H14FNO2/c1-10-4-2-3-5-13(10)14(15(18)19)7-11-6-12(16)9-17-8-11/h2-6,8-9,14H,7H2,1H3,(H,18,19). The van der Waals surface area contributed by atoms with E-state index >= 15 is 0 Å². The van der Waals surface area contributed by atoms with Gasteiger partial charge < -0.3 is 5.11 Å². The quantitative estimate of drug-likeness (QED) is 0.918. The van der Waals surface area contributed by atoms with Crippen LogP contribution in [0.4, 0.5) is 4.39 Å². The Balaban J connectivity index is 2.32. The number of carbonyl (C=O) groups is 1. The molecule has 0 saturated heterocycles. The Bertz CT molecular complexity index is 598. The molecule has 4 heteroatoms. The molecule has 1 aromatic carbocycles. The highest BCUT2D eigenvalue weighted by Crippen LogP contribution is 2.24. The van der Waals surface area contributed by atoms with Crippen molar-refractivity contribution < 1.29 is 14.3 Å². The van der Waals surface area contributed by atoms with Crippen molar-refractivity contribution in [3.05, 3.63) is 65.2 Å². The van der Waals surface area contributed by atoms with Gasteiger partial charge >= 0.3 is 5.97 Å². The summed E-state index contributed by atoms with van der Waals surface area (Å²) in [6.45, 7) is 1.87. The van der Waals surface area contributed by atoms with Crippen LogP contribution in [0.3, 0.4) is 0 Å². The highest BCUT2D eigenvalue weighted by Gasteiger charge is 2.22. The van der Waals surface area contributed by atoms with Gasteiger partial charge in [-0.05, 0) is 36.1 Å². The summed E-state index contributed by atoms with van der Waals surface area (Å²) in [6, 6.07) is 8.65. The van der Waals surface area contributed by atoms with Gasteiger partial charge in [0.1, 0.15) is 5.82 Å². The lowest BCUT2D eigenvalue weighted by molar-refractivity contribution is -0.138. The van der Waals surface area contributed by atoms with Crippen LogP contribution < -0.4 is 0 Å². The maximum absolute atomic E-state index is 13.1. The van der Waals surface area contributed by atoms with Gasteiger partial charge in [0.05, 0.1) is 12.1 Å². The summed E-state index contributed by atoms with van der Waals surface area (Å²) in [7, 11) is 0. The zero-order chi connectivity index (χ0) is 13.8. The molecule has 1 aromatic heterocycles. The first kappa shape index (κ1) is 13.2. The minimum absolute atomic E-state index is 0.227. The molecule has 1 atom stereocenters. The number of hydrogen-bond donors (Lipinski definition) is 1. The smallest absolute Gasteiger partial charge is 0.311 e. The van der Waals surface area contributed by atoms with Crippen LogP contribution in [-0.2, 0) is 11.2 Å². The van der Waals surface area contributed by atoms with Crippen LogP contribution in [0, 0.1) is 12.7 Å². The fraction of sp³-hybridized carbons (Fsp3) is 0.200. The number of benzene rings is 1. The normalized spacial score (nSPS) is 12.1. The summed E-state index contributed by atoms with van der Waals surface area (Å²) in [5.74, 6) is -2.06. The average molecular weight is 259 g/mol. The number of carboxylic acids is 1. The molecule has 0 radical (unpaired) electrons. The molecule has 1 N–H and O–H groups in total. The van der Waals surface area contributed by atoms with Gasteiger partial charge in [-0.2, -0.15) is 0 Å². The molecular weight excluding hydrogens is 245 g/mol. The number of rotatable bonds is 4. The number of nitrogens with zero attached hydrogens (tertiary/aromatic N) is 1. The zero-order valence-electron chi connectivity index (χ0n) is 10.5. The van der Waals surface area contributed by atoms with Crippen molar-refractivity contribution in [1.29, 1.82) is 0 Å². The van der Waals surface area contributed by atoms with Crippen LogP contribution in [0.2, 0.25) is 0 Å². The van der Waals surface area contributed by atoms with Gasteiger partial charge in [-0.1, -0.05) is 24.3 Å². The summed E-state index contributed by atoms with van der Waals surface area (Å²) >= 11 is 0. The SMILES string of the molecule is Cc1ccccc1C(Cc1cncc(F)c1)C(=O)O. The summed E-state index contributed by atoms with van der Waals surface area (Å²) < 4.78 is 13.1. The summed E-state index contributed by atoms with van der Waals surface area (Å²) in [6.07, 6.45) is 2.83. The van der Waals surface area contributed by atoms with E-state index in [2.05, 4.69) is 4.98 Å². The maximum Gasteiger partial charge on any atom is 0.311 e. The predicted molar refractivity (Wildman–Crippen MR) is 69.5 cm³/mol. The number of halogens is 1. The maximum atomic E-state index is 13.1. The Morgan fingerprint density at radius 3 is 2.74 bits per heavy atom. The van der Waals surface area contributed by atoms with Crippen LogP contribution in [0.25, 0.3) is 0 Å². The van der Waals surface area contributed by atoms with E-state index in [4.69, 9.17) is 0 Å². The van der Waals surface area contributed by atoms with E-state index in [1.807, 2.05) is 25.1 Å². The van der Waals surface area contributed by atoms with Crippen LogP contribution in [0.5, 0.6) is 0 Å². The largest absolute Gasteiger partial charge is 0.481 e. The van der Waals surface area contributed by atoms with E-state index in [0.717, 1.165) is 17.3 Å². The topological polar surface area (TPSA) is 50.2 Å². The van der Waals surface area contributed by atoms with Crippen molar-refractivity contribution in [1.82, 2.24) is 4.98 Å². The molecule has 0 aliphatic heterocycles. The molecule has 0 spiro atoms. The average Bonchev–Trinajstić information content (AvgIpc) is 2.37. The van der Waals surface area contributed by atoms with Crippen LogP contribution >= 0.6 is 0 Å². The molecule has 0 aliphatic rings. The third-order valence-corrected chi connectivity index (χ3v) is 3.06. The Kier molecular flexibility index (Phi) is 3.90. The lowest BCUT2D eigenvalue weighted by atomic mass is 9.90. The summed E-state index contributed by atoms with van der Waals surface area (Å²) in [5.41, 5.74) is 2.24. The third kappa shape index (κ3) is 3.16. The van der Waals surface area contributed by atoms with E-state index in [1.54, 1.807) is 6.07 Å². The molecule has 19 heavy (non-hydrogen) atoms. The fourth-order valence-electron chi connectivity index (χ4n) is 2.11. The van der Waals surface area contributed by atoms with Gasteiger partial charge in [0, 0.05) is 6.20 Å². The summed E-state index contributed by atoms with van der Waals surface area (Å²) in [5, 5.41) is 9.37. The molecule has 0 aliphatic carbocycles. The number of aromatic nitrogens is 1. The van der Waals surface area contributed by atoms with E-state index in [-0.39, 0.29) is 6.42 Å². The number of hydrogen-bond acceptors (Lipinski definition) is 2. The fourth-order valence-corrected chi connectivity index (χ4v) is 2.11. The number of carboxylic acid groups (broad SMARTS) is 1. The van der Waals surface area contributed by atoms with Gasteiger partial charge in [0.15, 0.2) is 0 Å². The Morgan fingerprint density at radius 1 is 1.37 bits per heavy atom. The molecule has 0 amide bonds. The Labute approximate surface area is 110 Å². The molecule has 0 bridgehead atoms. The number of aryl methyl sites for hydroxylation is 1. The van der Waals surface area contributed by atoms with Crippen LogP contribution in [0.1, 0.15) is 22.6 Å². The molecule has 1 unspecified atom stereocenters. The highest BCUT2D eigenvalue weighted by molar-refractivity contribution is 5.77. The van der Waals surface area contributed by atoms with Crippen molar-refractivity contribution in [3.63, 3.8) is 0 Å². The molecule has 98 valence electrons. The molecular formula is C15H14FNO2. The van der Waals surface area contributed by atoms with Gasteiger partial charge in [-0.25, -0.2) is 4.39 Å². The molecule has 3 nitrogen and oxygen atoms in total. The number of aliphatic carboxylic acids is 1. The minimum atomic E-state index is -0.918.